The summed E-state index contributed by atoms with van der Waals surface area (Å²) >= 11 is 3.51. The van der Waals surface area contributed by atoms with Gasteiger partial charge in [-0.1, -0.05) is 52.8 Å². The Kier molecular flexibility index (Phi) is 7.08. The van der Waals surface area contributed by atoms with Crippen LogP contribution in [0, 0.1) is 5.92 Å². The van der Waals surface area contributed by atoms with Gasteiger partial charge >= 0.3 is 0 Å². The summed E-state index contributed by atoms with van der Waals surface area (Å²) in [6.45, 7) is 5.42. The van der Waals surface area contributed by atoms with Crippen LogP contribution in [0.3, 0.4) is 0 Å². The highest BCUT2D eigenvalue weighted by molar-refractivity contribution is 9.10. The Morgan fingerprint density at radius 3 is 2.61 bits per heavy atom. The second-order valence-electron chi connectivity index (χ2n) is 8.44. The largest absolute Gasteiger partial charge is 0.352 e. The van der Waals surface area contributed by atoms with Gasteiger partial charge in [-0.25, -0.2) is 0 Å². The minimum absolute atomic E-state index is 0.0642. The molecule has 0 spiro atoms. The molecule has 0 bridgehead atoms. The summed E-state index contributed by atoms with van der Waals surface area (Å²) in [5.41, 5.74) is 2.86. The van der Waals surface area contributed by atoms with Gasteiger partial charge in [0.05, 0.1) is 13.0 Å². The molecule has 1 saturated heterocycles. The number of ketones is 1. The summed E-state index contributed by atoms with van der Waals surface area (Å²) in [7, 11) is 0. The van der Waals surface area contributed by atoms with Crippen molar-refractivity contribution >= 4 is 44.4 Å². The molecule has 1 N–H and O–H groups in total. The molecule has 33 heavy (non-hydrogen) atoms. The summed E-state index contributed by atoms with van der Waals surface area (Å²) in [6.07, 6.45) is 3.89. The Morgan fingerprint density at radius 2 is 1.88 bits per heavy atom. The standard InChI is InChI=1S/C26H26BrN3O3/c1-2-26(33)30-14-19(15-30)10-22(31)17-29-16-20(23-12-21(27)8-9-24(23)29)11-25(32)28-13-18-6-4-3-5-7-18/h2-9,12,16,19H,1,10-11,13-15,17H2,(H,28,32). The van der Waals surface area contributed by atoms with Crippen molar-refractivity contribution in [2.75, 3.05) is 13.1 Å². The van der Waals surface area contributed by atoms with E-state index in [1.54, 1.807) is 4.90 Å². The maximum Gasteiger partial charge on any atom is 0.245 e. The third-order valence-electron chi connectivity index (χ3n) is 5.92. The first-order valence-electron chi connectivity index (χ1n) is 10.9. The van der Waals surface area contributed by atoms with Gasteiger partial charge in [0.25, 0.3) is 0 Å². The van der Waals surface area contributed by atoms with Gasteiger partial charge in [0.2, 0.25) is 11.8 Å². The van der Waals surface area contributed by atoms with E-state index in [0.717, 1.165) is 26.5 Å². The van der Waals surface area contributed by atoms with Crippen LogP contribution in [-0.4, -0.2) is 40.2 Å². The van der Waals surface area contributed by atoms with Crippen molar-refractivity contribution in [1.29, 1.82) is 0 Å². The van der Waals surface area contributed by atoms with E-state index in [-0.39, 0.29) is 36.5 Å². The Balaban J connectivity index is 1.41. The second kappa shape index (κ2) is 10.2. The number of likely N-dealkylation sites (tertiary alicyclic amines) is 1. The van der Waals surface area contributed by atoms with Crippen LogP contribution in [0.1, 0.15) is 17.5 Å². The molecule has 2 aromatic carbocycles. The Hall–Kier alpha value is -3.19. The summed E-state index contributed by atoms with van der Waals surface area (Å²) in [5.74, 6) is 0.160. The van der Waals surface area contributed by atoms with Crippen molar-refractivity contribution < 1.29 is 14.4 Å². The summed E-state index contributed by atoms with van der Waals surface area (Å²) in [5, 5.41) is 3.93. The molecule has 6 nitrogen and oxygen atoms in total. The number of Topliss-reactive ketones (excluding diaryl/α,β-unsaturated/α-hetero) is 1. The quantitative estimate of drug-likeness (QED) is 0.447. The zero-order chi connectivity index (χ0) is 23.4. The lowest BCUT2D eigenvalue weighted by Crippen LogP contribution is -2.50. The Morgan fingerprint density at radius 1 is 1.12 bits per heavy atom. The van der Waals surface area contributed by atoms with E-state index in [0.29, 0.717) is 26.1 Å². The summed E-state index contributed by atoms with van der Waals surface area (Å²) in [6, 6.07) is 15.7. The van der Waals surface area contributed by atoms with Crippen LogP contribution in [0.2, 0.25) is 0 Å². The van der Waals surface area contributed by atoms with E-state index in [1.165, 1.54) is 6.08 Å². The summed E-state index contributed by atoms with van der Waals surface area (Å²) in [4.78, 5) is 38.6. The fourth-order valence-electron chi connectivity index (χ4n) is 4.23. The number of benzene rings is 2. The molecule has 2 amide bonds. The zero-order valence-electron chi connectivity index (χ0n) is 18.3. The highest BCUT2D eigenvalue weighted by atomic mass is 79.9. The minimum atomic E-state index is -0.0872. The molecular formula is C26H26BrN3O3. The van der Waals surface area contributed by atoms with Crippen LogP contribution in [0.25, 0.3) is 10.9 Å². The minimum Gasteiger partial charge on any atom is -0.352 e. The predicted octanol–water partition coefficient (Wildman–Crippen LogP) is 3.87. The molecule has 0 atom stereocenters. The molecule has 1 aromatic heterocycles. The predicted molar refractivity (Wildman–Crippen MR) is 132 cm³/mol. The second-order valence-corrected chi connectivity index (χ2v) is 9.35. The van der Waals surface area contributed by atoms with Crippen LogP contribution in [0.5, 0.6) is 0 Å². The monoisotopic (exact) mass is 507 g/mol. The molecular weight excluding hydrogens is 482 g/mol. The molecule has 7 heteroatoms. The highest BCUT2D eigenvalue weighted by Gasteiger charge is 2.30. The van der Waals surface area contributed by atoms with Crippen LogP contribution < -0.4 is 5.32 Å². The number of halogens is 1. The topological polar surface area (TPSA) is 71.4 Å². The van der Waals surface area contributed by atoms with E-state index >= 15 is 0 Å². The molecule has 170 valence electrons. The zero-order valence-corrected chi connectivity index (χ0v) is 19.9. The lowest BCUT2D eigenvalue weighted by Gasteiger charge is -2.38. The highest BCUT2D eigenvalue weighted by Crippen LogP contribution is 2.27. The fraction of sp³-hybridized carbons (Fsp3) is 0.269. The number of fused-ring (bicyclic) bond motifs is 1. The van der Waals surface area contributed by atoms with Crippen LogP contribution in [-0.2, 0) is 33.9 Å². The lowest BCUT2D eigenvalue weighted by atomic mass is 9.94. The van der Waals surface area contributed by atoms with Crippen molar-refractivity contribution in [1.82, 2.24) is 14.8 Å². The Bertz CT molecular complexity index is 1200. The molecule has 0 radical (unpaired) electrons. The Labute approximate surface area is 201 Å². The lowest BCUT2D eigenvalue weighted by molar-refractivity contribution is -0.134. The SMILES string of the molecule is C=CC(=O)N1CC(CC(=O)Cn2cc(CC(=O)NCc3ccccc3)c3cc(Br)ccc32)C1. The summed E-state index contributed by atoms with van der Waals surface area (Å²) < 4.78 is 2.85. The molecule has 0 aliphatic carbocycles. The molecule has 0 saturated carbocycles. The van der Waals surface area contributed by atoms with Crippen LogP contribution >= 0.6 is 15.9 Å². The molecule has 1 fully saturated rings. The normalized spacial score (nSPS) is 13.5. The van der Waals surface area contributed by atoms with Crippen molar-refractivity contribution in [3.05, 3.63) is 83.0 Å². The van der Waals surface area contributed by atoms with Crippen molar-refractivity contribution in [2.45, 2.75) is 25.9 Å². The van der Waals surface area contributed by atoms with Gasteiger partial charge in [0, 0.05) is 53.5 Å². The fourth-order valence-corrected chi connectivity index (χ4v) is 4.59. The van der Waals surface area contributed by atoms with Gasteiger partial charge in [-0.3, -0.25) is 14.4 Å². The molecule has 1 aliphatic heterocycles. The van der Waals surface area contributed by atoms with Gasteiger partial charge in [0.15, 0.2) is 5.78 Å². The third-order valence-corrected chi connectivity index (χ3v) is 6.41. The molecule has 0 unspecified atom stereocenters. The number of nitrogens with one attached hydrogen (secondary N) is 1. The van der Waals surface area contributed by atoms with Crippen molar-refractivity contribution in [3.8, 4) is 0 Å². The smallest absolute Gasteiger partial charge is 0.245 e. The first kappa shape index (κ1) is 23.0. The van der Waals surface area contributed by atoms with Gasteiger partial charge in [-0.05, 0) is 35.4 Å². The van der Waals surface area contributed by atoms with E-state index < -0.39 is 0 Å². The number of amides is 2. The first-order valence-corrected chi connectivity index (χ1v) is 11.7. The van der Waals surface area contributed by atoms with Gasteiger partial charge in [-0.2, -0.15) is 0 Å². The number of hydrogen-bond acceptors (Lipinski definition) is 3. The first-order chi connectivity index (χ1) is 15.9. The number of rotatable bonds is 9. The van der Waals surface area contributed by atoms with Crippen molar-refractivity contribution in [3.63, 3.8) is 0 Å². The molecule has 2 heterocycles. The third kappa shape index (κ3) is 5.60. The average molecular weight is 508 g/mol. The van der Waals surface area contributed by atoms with E-state index in [9.17, 15) is 14.4 Å². The van der Waals surface area contributed by atoms with Crippen LogP contribution in [0.4, 0.5) is 0 Å². The number of carbonyl (C=O) groups is 3. The van der Waals surface area contributed by atoms with Gasteiger partial charge in [0.1, 0.15) is 0 Å². The van der Waals surface area contributed by atoms with Gasteiger partial charge < -0.3 is 14.8 Å². The van der Waals surface area contributed by atoms with E-state index in [1.807, 2.05) is 59.3 Å². The van der Waals surface area contributed by atoms with E-state index in [2.05, 4.69) is 27.8 Å². The average Bonchev–Trinajstić information content (AvgIpc) is 3.10. The van der Waals surface area contributed by atoms with Gasteiger partial charge in [-0.15, -0.1) is 0 Å². The maximum atomic E-state index is 12.7. The number of carbonyl (C=O) groups excluding carboxylic acids is 3. The molecule has 4 rings (SSSR count). The molecule has 3 aromatic rings. The number of hydrogen-bond donors (Lipinski definition) is 1. The number of nitrogens with zero attached hydrogens (tertiary/aromatic N) is 2. The molecule has 1 aliphatic rings. The van der Waals surface area contributed by atoms with Crippen LogP contribution in [0.15, 0.2) is 71.9 Å². The number of aromatic nitrogens is 1. The van der Waals surface area contributed by atoms with E-state index in [4.69, 9.17) is 0 Å². The maximum absolute atomic E-state index is 12.7. The van der Waals surface area contributed by atoms with Crippen molar-refractivity contribution in [2.24, 2.45) is 5.92 Å².